The molecular formula is C17H25NO2. The molecule has 0 aliphatic heterocycles. The Morgan fingerprint density at radius 2 is 1.80 bits per heavy atom. The maximum Gasteiger partial charge on any atom is 0.278 e. The summed E-state index contributed by atoms with van der Waals surface area (Å²) in [6.45, 7) is 13.5. The molecule has 1 atom stereocenters. The first-order valence-electron chi connectivity index (χ1n) is 7.05. The van der Waals surface area contributed by atoms with Crippen molar-refractivity contribution in [3.8, 4) is 0 Å². The van der Waals surface area contributed by atoms with Gasteiger partial charge in [-0.05, 0) is 45.2 Å². The molecule has 0 aliphatic carbocycles. The molecule has 0 spiro atoms. The van der Waals surface area contributed by atoms with Crippen molar-refractivity contribution in [1.82, 2.24) is 5.06 Å². The molecule has 1 aromatic carbocycles. The van der Waals surface area contributed by atoms with Crippen LogP contribution in [0.15, 0.2) is 24.3 Å². The zero-order chi connectivity index (χ0) is 15.4. The molecule has 110 valence electrons. The number of hydrogen-bond donors (Lipinski definition) is 1. The second-order valence-corrected chi connectivity index (χ2v) is 5.57. The summed E-state index contributed by atoms with van der Waals surface area (Å²) in [6, 6.07) is 3.60. The second kappa shape index (κ2) is 6.71. The van der Waals surface area contributed by atoms with E-state index in [0.717, 1.165) is 33.7 Å². The van der Waals surface area contributed by atoms with E-state index in [0.29, 0.717) is 12.0 Å². The highest BCUT2D eigenvalue weighted by Gasteiger charge is 2.25. The van der Waals surface area contributed by atoms with Gasteiger partial charge in [0.1, 0.15) is 0 Å². The molecule has 0 fully saturated rings. The van der Waals surface area contributed by atoms with Gasteiger partial charge in [0.05, 0.1) is 6.04 Å². The van der Waals surface area contributed by atoms with E-state index in [-0.39, 0.29) is 11.9 Å². The van der Waals surface area contributed by atoms with Crippen LogP contribution in [0.1, 0.15) is 53.7 Å². The molecule has 1 N–H and O–H groups in total. The van der Waals surface area contributed by atoms with E-state index in [1.54, 1.807) is 0 Å². The zero-order valence-electron chi connectivity index (χ0n) is 13.2. The minimum absolute atomic E-state index is 0.326. The zero-order valence-corrected chi connectivity index (χ0v) is 13.2. The molecule has 1 unspecified atom stereocenters. The van der Waals surface area contributed by atoms with E-state index in [1.165, 1.54) is 0 Å². The standard InChI is InChI=1S/C17H25NO2/c1-7-8-15(11(2)3)18(20)17(19)16-13(5)9-12(4)10-14(16)6/h9-10,15,20H,2,7-8H2,1,3-6H3. The van der Waals surface area contributed by atoms with Crippen LogP contribution in [0, 0.1) is 20.8 Å². The average Bonchev–Trinajstić information content (AvgIpc) is 2.33. The number of nitrogens with zero attached hydrogens (tertiary/aromatic N) is 1. The fraction of sp³-hybridized carbons (Fsp3) is 0.471. The first-order chi connectivity index (χ1) is 9.29. The van der Waals surface area contributed by atoms with Gasteiger partial charge in [-0.2, -0.15) is 0 Å². The summed E-state index contributed by atoms with van der Waals surface area (Å²) in [6.07, 6.45) is 1.59. The number of hydroxylamine groups is 2. The van der Waals surface area contributed by atoms with Gasteiger partial charge in [-0.1, -0.05) is 43.2 Å². The summed E-state index contributed by atoms with van der Waals surface area (Å²) in [5, 5.41) is 11.1. The molecule has 0 aromatic heterocycles. The van der Waals surface area contributed by atoms with Crippen LogP contribution in [-0.2, 0) is 0 Å². The summed E-state index contributed by atoms with van der Waals surface area (Å²) in [5.41, 5.74) is 4.28. The normalized spacial score (nSPS) is 12.1. The molecule has 0 heterocycles. The summed E-state index contributed by atoms with van der Waals surface area (Å²) < 4.78 is 0. The van der Waals surface area contributed by atoms with Gasteiger partial charge in [-0.25, -0.2) is 5.06 Å². The lowest BCUT2D eigenvalue weighted by atomic mass is 9.97. The van der Waals surface area contributed by atoms with Crippen molar-refractivity contribution in [3.05, 3.63) is 46.5 Å². The number of rotatable bonds is 5. The monoisotopic (exact) mass is 275 g/mol. The summed E-state index contributed by atoms with van der Waals surface area (Å²) in [5.74, 6) is -0.346. The van der Waals surface area contributed by atoms with Crippen LogP contribution >= 0.6 is 0 Å². The minimum atomic E-state index is -0.346. The van der Waals surface area contributed by atoms with E-state index >= 15 is 0 Å². The predicted octanol–water partition coefficient (Wildman–Crippen LogP) is 4.19. The number of carbonyl (C=O) groups excluding carboxylic acids is 1. The van der Waals surface area contributed by atoms with Gasteiger partial charge in [-0.3, -0.25) is 10.0 Å². The molecular weight excluding hydrogens is 250 g/mol. The number of amides is 1. The van der Waals surface area contributed by atoms with Gasteiger partial charge in [0.25, 0.3) is 5.91 Å². The Labute approximate surface area is 121 Å². The quantitative estimate of drug-likeness (QED) is 0.497. The van der Waals surface area contributed by atoms with Gasteiger partial charge >= 0.3 is 0 Å². The van der Waals surface area contributed by atoms with Crippen molar-refractivity contribution < 1.29 is 10.0 Å². The molecule has 3 heteroatoms. The van der Waals surface area contributed by atoms with Gasteiger partial charge in [0.2, 0.25) is 0 Å². The lowest BCUT2D eigenvalue weighted by Crippen LogP contribution is -2.38. The van der Waals surface area contributed by atoms with Gasteiger partial charge < -0.3 is 0 Å². The predicted molar refractivity (Wildman–Crippen MR) is 82.1 cm³/mol. The molecule has 3 nitrogen and oxygen atoms in total. The van der Waals surface area contributed by atoms with Crippen LogP contribution in [0.3, 0.4) is 0 Å². The van der Waals surface area contributed by atoms with Crippen molar-refractivity contribution in [3.63, 3.8) is 0 Å². The summed E-state index contributed by atoms with van der Waals surface area (Å²) in [7, 11) is 0. The van der Waals surface area contributed by atoms with Crippen LogP contribution < -0.4 is 0 Å². The molecule has 0 saturated heterocycles. The van der Waals surface area contributed by atoms with Gasteiger partial charge in [0.15, 0.2) is 0 Å². The molecule has 1 aromatic rings. The number of carbonyl (C=O) groups is 1. The Morgan fingerprint density at radius 3 is 2.20 bits per heavy atom. The number of hydrogen-bond acceptors (Lipinski definition) is 2. The molecule has 0 aliphatic rings. The summed E-state index contributed by atoms with van der Waals surface area (Å²) >= 11 is 0. The fourth-order valence-corrected chi connectivity index (χ4v) is 2.62. The van der Waals surface area contributed by atoms with Crippen LogP contribution in [0.25, 0.3) is 0 Å². The SMILES string of the molecule is C=C(C)C(CCC)N(O)C(=O)c1c(C)cc(C)cc1C. The van der Waals surface area contributed by atoms with E-state index < -0.39 is 0 Å². The Balaban J connectivity index is 3.14. The number of aryl methyl sites for hydroxylation is 3. The first kappa shape index (κ1) is 16.4. The maximum absolute atomic E-state index is 12.6. The minimum Gasteiger partial charge on any atom is -0.285 e. The second-order valence-electron chi connectivity index (χ2n) is 5.57. The lowest BCUT2D eigenvalue weighted by molar-refractivity contribution is -0.0811. The molecule has 20 heavy (non-hydrogen) atoms. The Bertz CT molecular complexity index is 497. The lowest BCUT2D eigenvalue weighted by Gasteiger charge is -2.27. The number of benzene rings is 1. The van der Waals surface area contributed by atoms with E-state index in [9.17, 15) is 10.0 Å². The van der Waals surface area contributed by atoms with E-state index in [1.807, 2.05) is 46.8 Å². The fourth-order valence-electron chi connectivity index (χ4n) is 2.62. The molecule has 0 saturated carbocycles. The Kier molecular flexibility index (Phi) is 5.52. The average molecular weight is 275 g/mol. The maximum atomic E-state index is 12.6. The highest BCUT2D eigenvalue weighted by Crippen LogP contribution is 2.21. The van der Waals surface area contributed by atoms with Crippen LogP contribution in [0.2, 0.25) is 0 Å². The van der Waals surface area contributed by atoms with Gasteiger partial charge in [0, 0.05) is 5.56 Å². The molecule has 1 rings (SSSR count). The smallest absolute Gasteiger partial charge is 0.278 e. The van der Waals surface area contributed by atoms with Crippen molar-refractivity contribution in [2.24, 2.45) is 0 Å². The summed E-state index contributed by atoms with van der Waals surface area (Å²) in [4.78, 5) is 12.6. The highest BCUT2D eigenvalue weighted by molar-refractivity contribution is 5.96. The van der Waals surface area contributed by atoms with Crippen molar-refractivity contribution >= 4 is 5.91 Å². The van der Waals surface area contributed by atoms with Crippen molar-refractivity contribution in [1.29, 1.82) is 0 Å². The van der Waals surface area contributed by atoms with Crippen LogP contribution in [-0.4, -0.2) is 22.2 Å². The third-order valence-corrected chi connectivity index (χ3v) is 3.53. The van der Waals surface area contributed by atoms with Crippen LogP contribution in [0.4, 0.5) is 0 Å². The van der Waals surface area contributed by atoms with E-state index in [4.69, 9.17) is 0 Å². The third kappa shape index (κ3) is 3.48. The largest absolute Gasteiger partial charge is 0.285 e. The van der Waals surface area contributed by atoms with Crippen LogP contribution in [0.5, 0.6) is 0 Å². The van der Waals surface area contributed by atoms with E-state index in [2.05, 4.69) is 6.58 Å². The van der Waals surface area contributed by atoms with Crippen molar-refractivity contribution in [2.75, 3.05) is 0 Å². The van der Waals surface area contributed by atoms with Crippen molar-refractivity contribution in [2.45, 2.75) is 53.5 Å². The Morgan fingerprint density at radius 1 is 1.30 bits per heavy atom. The van der Waals surface area contributed by atoms with Gasteiger partial charge in [-0.15, -0.1) is 0 Å². The topological polar surface area (TPSA) is 40.5 Å². The highest BCUT2D eigenvalue weighted by atomic mass is 16.5. The Hall–Kier alpha value is -1.61. The molecule has 0 bridgehead atoms. The first-order valence-corrected chi connectivity index (χ1v) is 7.05. The third-order valence-electron chi connectivity index (χ3n) is 3.53. The molecule has 0 radical (unpaired) electrons. The molecule has 1 amide bonds.